The lowest BCUT2D eigenvalue weighted by molar-refractivity contribution is 0.740. The van der Waals surface area contributed by atoms with Gasteiger partial charge in [-0.3, -0.25) is 0 Å². The molecule has 0 saturated heterocycles. The van der Waals surface area contributed by atoms with Crippen molar-refractivity contribution in [1.82, 2.24) is 9.55 Å². The minimum atomic E-state index is 0. The van der Waals surface area contributed by atoms with Gasteiger partial charge in [0.2, 0.25) is 0 Å². The molecule has 1 aromatic heterocycles. The highest BCUT2D eigenvalue weighted by Gasteiger charge is 2.22. The number of imidazole rings is 1. The SMILES string of the molecule is Cl.ClCc1cn(C2CC2)cn1. The van der Waals surface area contributed by atoms with E-state index in [9.17, 15) is 0 Å². The van der Waals surface area contributed by atoms with Crippen molar-refractivity contribution in [3.63, 3.8) is 0 Å². The van der Waals surface area contributed by atoms with E-state index >= 15 is 0 Å². The zero-order chi connectivity index (χ0) is 6.97. The summed E-state index contributed by atoms with van der Waals surface area (Å²) in [6.07, 6.45) is 6.51. The van der Waals surface area contributed by atoms with Crippen LogP contribution in [0.2, 0.25) is 0 Å². The van der Waals surface area contributed by atoms with Crippen molar-refractivity contribution in [2.75, 3.05) is 0 Å². The summed E-state index contributed by atoms with van der Waals surface area (Å²) in [5.74, 6) is 0.528. The van der Waals surface area contributed by atoms with Gasteiger partial charge in [-0.05, 0) is 12.8 Å². The lowest BCUT2D eigenvalue weighted by Crippen LogP contribution is -1.86. The molecule has 2 rings (SSSR count). The number of halogens is 2. The zero-order valence-electron chi connectivity index (χ0n) is 6.03. The molecule has 0 aliphatic heterocycles. The summed E-state index contributed by atoms with van der Waals surface area (Å²) in [6, 6.07) is 0.726. The van der Waals surface area contributed by atoms with Gasteiger partial charge in [0, 0.05) is 12.2 Å². The van der Waals surface area contributed by atoms with Gasteiger partial charge in [-0.25, -0.2) is 4.98 Å². The molecule has 0 unspecified atom stereocenters. The van der Waals surface area contributed by atoms with E-state index in [-0.39, 0.29) is 12.4 Å². The Morgan fingerprint density at radius 3 is 2.82 bits per heavy atom. The van der Waals surface area contributed by atoms with Gasteiger partial charge in [-0.2, -0.15) is 0 Å². The molecule has 1 aromatic rings. The average Bonchev–Trinajstić information content (AvgIpc) is 2.70. The molecule has 0 radical (unpaired) electrons. The lowest BCUT2D eigenvalue weighted by atomic mass is 10.5. The Morgan fingerprint density at radius 1 is 1.64 bits per heavy atom. The first-order chi connectivity index (χ1) is 4.90. The summed E-state index contributed by atoms with van der Waals surface area (Å²) >= 11 is 5.59. The van der Waals surface area contributed by atoms with Crippen LogP contribution in [0.15, 0.2) is 12.5 Å². The van der Waals surface area contributed by atoms with Crippen molar-refractivity contribution in [2.45, 2.75) is 24.8 Å². The van der Waals surface area contributed by atoms with Crippen LogP contribution in [-0.4, -0.2) is 9.55 Å². The molecule has 0 N–H and O–H groups in total. The van der Waals surface area contributed by atoms with Gasteiger partial charge < -0.3 is 4.57 Å². The molecule has 62 valence electrons. The summed E-state index contributed by atoms with van der Waals surface area (Å²) in [7, 11) is 0. The van der Waals surface area contributed by atoms with E-state index in [1.165, 1.54) is 12.8 Å². The maximum Gasteiger partial charge on any atom is 0.0952 e. The average molecular weight is 193 g/mol. The second kappa shape index (κ2) is 3.46. The Labute approximate surface area is 77.0 Å². The van der Waals surface area contributed by atoms with Gasteiger partial charge in [0.05, 0.1) is 17.9 Å². The van der Waals surface area contributed by atoms with Gasteiger partial charge in [0.15, 0.2) is 0 Å². The Balaban J connectivity index is 0.000000605. The molecule has 1 aliphatic carbocycles. The third-order valence-electron chi connectivity index (χ3n) is 1.76. The largest absolute Gasteiger partial charge is 0.334 e. The fourth-order valence-electron chi connectivity index (χ4n) is 1.02. The summed E-state index contributed by atoms with van der Waals surface area (Å²) < 4.78 is 2.15. The van der Waals surface area contributed by atoms with E-state index in [1.54, 1.807) is 0 Å². The van der Waals surface area contributed by atoms with Crippen LogP contribution < -0.4 is 0 Å². The van der Waals surface area contributed by atoms with Crippen molar-refractivity contribution in [2.24, 2.45) is 0 Å². The fraction of sp³-hybridized carbons (Fsp3) is 0.571. The van der Waals surface area contributed by atoms with Crippen LogP contribution in [0.3, 0.4) is 0 Å². The van der Waals surface area contributed by atoms with E-state index < -0.39 is 0 Å². The fourth-order valence-corrected chi connectivity index (χ4v) is 1.16. The van der Waals surface area contributed by atoms with Crippen molar-refractivity contribution in [3.05, 3.63) is 18.2 Å². The zero-order valence-corrected chi connectivity index (χ0v) is 7.61. The van der Waals surface area contributed by atoms with E-state index in [0.717, 1.165) is 11.7 Å². The molecule has 0 atom stereocenters. The number of rotatable bonds is 2. The highest BCUT2D eigenvalue weighted by Crippen LogP contribution is 2.34. The number of alkyl halides is 1. The Bertz CT molecular complexity index is 230. The van der Waals surface area contributed by atoms with Crippen LogP contribution in [-0.2, 0) is 5.88 Å². The monoisotopic (exact) mass is 192 g/mol. The van der Waals surface area contributed by atoms with Gasteiger partial charge in [0.1, 0.15) is 0 Å². The molecular formula is C7H10Cl2N2. The van der Waals surface area contributed by atoms with Gasteiger partial charge in [-0.15, -0.1) is 24.0 Å². The maximum atomic E-state index is 5.59. The molecule has 1 aliphatic rings. The van der Waals surface area contributed by atoms with E-state index in [1.807, 2.05) is 12.5 Å². The standard InChI is InChI=1S/C7H9ClN2.ClH/c8-3-6-4-10(5-9-6)7-1-2-7;/h4-5,7H,1-3H2;1H. The van der Waals surface area contributed by atoms with E-state index in [2.05, 4.69) is 9.55 Å². The van der Waals surface area contributed by atoms with Crippen LogP contribution in [0.4, 0.5) is 0 Å². The second-order valence-corrected chi connectivity index (χ2v) is 2.94. The van der Waals surface area contributed by atoms with Gasteiger partial charge in [0.25, 0.3) is 0 Å². The molecule has 0 amide bonds. The number of hydrogen-bond donors (Lipinski definition) is 0. The molecule has 1 fully saturated rings. The van der Waals surface area contributed by atoms with E-state index in [0.29, 0.717) is 5.88 Å². The third kappa shape index (κ3) is 1.88. The molecule has 1 heterocycles. The topological polar surface area (TPSA) is 17.8 Å². The summed E-state index contributed by atoms with van der Waals surface area (Å²) in [6.45, 7) is 0. The summed E-state index contributed by atoms with van der Waals surface area (Å²) in [5.41, 5.74) is 0.980. The number of nitrogens with zero attached hydrogens (tertiary/aromatic N) is 2. The number of aromatic nitrogens is 2. The predicted molar refractivity (Wildman–Crippen MR) is 47.3 cm³/mol. The van der Waals surface area contributed by atoms with Crippen molar-refractivity contribution < 1.29 is 0 Å². The van der Waals surface area contributed by atoms with Crippen LogP contribution >= 0.6 is 24.0 Å². The van der Waals surface area contributed by atoms with Crippen LogP contribution in [0, 0.1) is 0 Å². The molecule has 0 bridgehead atoms. The minimum Gasteiger partial charge on any atom is -0.334 e. The highest BCUT2D eigenvalue weighted by atomic mass is 35.5. The molecular weight excluding hydrogens is 183 g/mol. The normalized spacial score (nSPS) is 16.1. The number of hydrogen-bond acceptors (Lipinski definition) is 1. The first-order valence-electron chi connectivity index (χ1n) is 3.48. The Hall–Kier alpha value is -0.210. The maximum absolute atomic E-state index is 5.59. The summed E-state index contributed by atoms with van der Waals surface area (Å²) in [4.78, 5) is 4.13. The summed E-state index contributed by atoms with van der Waals surface area (Å²) in [5, 5.41) is 0. The molecule has 4 heteroatoms. The Kier molecular flexibility index (Phi) is 2.79. The molecule has 0 aromatic carbocycles. The molecule has 2 nitrogen and oxygen atoms in total. The Morgan fingerprint density at radius 2 is 2.36 bits per heavy atom. The predicted octanol–water partition coefficient (Wildman–Crippen LogP) is 2.38. The van der Waals surface area contributed by atoms with Crippen molar-refractivity contribution in [3.8, 4) is 0 Å². The molecule has 1 saturated carbocycles. The first-order valence-corrected chi connectivity index (χ1v) is 4.02. The smallest absolute Gasteiger partial charge is 0.0952 e. The van der Waals surface area contributed by atoms with Crippen LogP contribution in [0.5, 0.6) is 0 Å². The quantitative estimate of drug-likeness (QED) is 0.659. The van der Waals surface area contributed by atoms with E-state index in [4.69, 9.17) is 11.6 Å². The second-order valence-electron chi connectivity index (χ2n) is 2.68. The third-order valence-corrected chi connectivity index (χ3v) is 2.03. The first kappa shape index (κ1) is 8.88. The van der Waals surface area contributed by atoms with Crippen molar-refractivity contribution >= 4 is 24.0 Å². The lowest BCUT2D eigenvalue weighted by Gasteiger charge is -1.92. The van der Waals surface area contributed by atoms with Gasteiger partial charge >= 0.3 is 0 Å². The van der Waals surface area contributed by atoms with Crippen LogP contribution in [0.1, 0.15) is 24.6 Å². The van der Waals surface area contributed by atoms with Crippen LogP contribution in [0.25, 0.3) is 0 Å². The minimum absolute atomic E-state index is 0. The highest BCUT2D eigenvalue weighted by molar-refractivity contribution is 6.16. The molecule has 0 spiro atoms. The molecule has 11 heavy (non-hydrogen) atoms. The van der Waals surface area contributed by atoms with Gasteiger partial charge in [-0.1, -0.05) is 0 Å². The van der Waals surface area contributed by atoms with Crippen molar-refractivity contribution in [1.29, 1.82) is 0 Å².